The van der Waals surface area contributed by atoms with Crippen molar-refractivity contribution in [1.82, 2.24) is 5.32 Å². The van der Waals surface area contributed by atoms with Crippen molar-refractivity contribution in [2.75, 3.05) is 12.8 Å². The minimum Gasteiger partial charge on any atom is -0.507 e. The molecule has 1 aromatic rings. The van der Waals surface area contributed by atoms with Gasteiger partial charge in [0.15, 0.2) is 0 Å². The first kappa shape index (κ1) is 10.8. The topological polar surface area (TPSA) is 32.3 Å². The monoisotopic (exact) mass is 223 g/mol. The Kier molecular flexibility index (Phi) is 3.54. The number of hydrogen-bond acceptors (Lipinski definition) is 3. The number of benzene rings is 1. The highest BCUT2D eigenvalue weighted by Crippen LogP contribution is 2.31. The van der Waals surface area contributed by atoms with Crippen LogP contribution < -0.4 is 5.32 Å². The van der Waals surface area contributed by atoms with Gasteiger partial charge >= 0.3 is 0 Å². The van der Waals surface area contributed by atoms with Gasteiger partial charge in [-0.15, -0.1) is 11.8 Å². The summed E-state index contributed by atoms with van der Waals surface area (Å²) in [5, 5.41) is 13.3. The molecular weight excluding hydrogens is 206 g/mol. The summed E-state index contributed by atoms with van der Waals surface area (Å²) in [6.07, 6.45) is 5.71. The van der Waals surface area contributed by atoms with Crippen LogP contribution in [0.25, 0.3) is 0 Å². The van der Waals surface area contributed by atoms with Crippen molar-refractivity contribution in [2.45, 2.75) is 30.2 Å². The highest BCUT2D eigenvalue weighted by atomic mass is 32.2. The molecule has 3 heteroatoms. The van der Waals surface area contributed by atoms with Gasteiger partial charge in [0, 0.05) is 10.9 Å². The summed E-state index contributed by atoms with van der Waals surface area (Å²) in [7, 11) is 0. The van der Waals surface area contributed by atoms with Gasteiger partial charge in [-0.2, -0.15) is 0 Å². The highest BCUT2D eigenvalue weighted by molar-refractivity contribution is 7.98. The van der Waals surface area contributed by atoms with Crippen LogP contribution in [-0.2, 0) is 0 Å². The fourth-order valence-corrected chi connectivity index (χ4v) is 2.53. The van der Waals surface area contributed by atoms with Crippen molar-refractivity contribution in [3.05, 3.63) is 23.8 Å². The van der Waals surface area contributed by atoms with E-state index in [4.69, 9.17) is 0 Å². The van der Waals surface area contributed by atoms with Gasteiger partial charge in [-0.3, -0.25) is 0 Å². The lowest BCUT2D eigenvalue weighted by Gasteiger charge is -2.24. The molecule has 1 saturated heterocycles. The van der Waals surface area contributed by atoms with E-state index in [-0.39, 0.29) is 0 Å². The largest absolute Gasteiger partial charge is 0.507 e. The second-order valence-corrected chi connectivity index (χ2v) is 4.78. The van der Waals surface area contributed by atoms with Gasteiger partial charge in [0.25, 0.3) is 0 Å². The Morgan fingerprint density at radius 1 is 1.40 bits per heavy atom. The van der Waals surface area contributed by atoms with Crippen molar-refractivity contribution in [2.24, 2.45) is 0 Å². The predicted octanol–water partition coefficient (Wildman–Crippen LogP) is 2.93. The zero-order chi connectivity index (χ0) is 10.7. The SMILES string of the molecule is CSc1ccc(C2CCCCN2)cc1O. The molecule has 0 bridgehead atoms. The molecule has 15 heavy (non-hydrogen) atoms. The molecule has 1 heterocycles. The first-order valence-electron chi connectivity index (χ1n) is 5.41. The quantitative estimate of drug-likeness (QED) is 0.756. The molecule has 0 spiro atoms. The van der Waals surface area contributed by atoms with Crippen LogP contribution in [0.15, 0.2) is 23.1 Å². The smallest absolute Gasteiger partial charge is 0.129 e. The van der Waals surface area contributed by atoms with E-state index in [1.165, 1.54) is 24.8 Å². The molecule has 1 aliphatic rings. The third-order valence-electron chi connectivity index (χ3n) is 2.92. The Bertz CT molecular complexity index is 334. The zero-order valence-electron chi connectivity index (χ0n) is 8.99. The molecule has 82 valence electrons. The number of phenols is 1. The molecular formula is C12H17NOS. The zero-order valence-corrected chi connectivity index (χ0v) is 9.81. The maximum Gasteiger partial charge on any atom is 0.129 e. The standard InChI is InChI=1S/C12H17NOS/c1-15-12-6-5-9(8-11(12)14)10-4-2-3-7-13-10/h5-6,8,10,13-14H,2-4,7H2,1H3. The van der Waals surface area contributed by atoms with Gasteiger partial charge < -0.3 is 10.4 Å². The second-order valence-electron chi connectivity index (χ2n) is 3.93. The van der Waals surface area contributed by atoms with E-state index in [9.17, 15) is 5.11 Å². The molecule has 1 unspecified atom stereocenters. The molecule has 0 amide bonds. The van der Waals surface area contributed by atoms with Crippen LogP contribution in [0.4, 0.5) is 0 Å². The molecule has 0 radical (unpaired) electrons. The summed E-state index contributed by atoms with van der Waals surface area (Å²) in [5.74, 6) is 0.410. The Morgan fingerprint density at radius 2 is 2.27 bits per heavy atom. The van der Waals surface area contributed by atoms with E-state index in [0.29, 0.717) is 11.8 Å². The summed E-state index contributed by atoms with van der Waals surface area (Å²) in [5.41, 5.74) is 1.21. The summed E-state index contributed by atoms with van der Waals surface area (Å²) >= 11 is 1.58. The van der Waals surface area contributed by atoms with Gasteiger partial charge in [-0.1, -0.05) is 12.5 Å². The van der Waals surface area contributed by atoms with Crippen molar-refractivity contribution in [3.63, 3.8) is 0 Å². The van der Waals surface area contributed by atoms with E-state index in [1.807, 2.05) is 18.4 Å². The first-order valence-corrected chi connectivity index (χ1v) is 6.64. The van der Waals surface area contributed by atoms with Gasteiger partial charge in [0.1, 0.15) is 5.75 Å². The lowest BCUT2D eigenvalue weighted by atomic mass is 9.97. The first-order chi connectivity index (χ1) is 7.31. The average molecular weight is 223 g/mol. The third kappa shape index (κ3) is 2.47. The third-order valence-corrected chi connectivity index (χ3v) is 3.70. The van der Waals surface area contributed by atoms with Crippen LogP contribution in [0.3, 0.4) is 0 Å². The number of nitrogens with one attached hydrogen (secondary N) is 1. The molecule has 0 aromatic heterocycles. The van der Waals surface area contributed by atoms with Crippen LogP contribution in [0.2, 0.25) is 0 Å². The van der Waals surface area contributed by atoms with Gasteiger partial charge in [0.05, 0.1) is 0 Å². The van der Waals surface area contributed by atoms with Crippen molar-refractivity contribution in [3.8, 4) is 5.75 Å². The van der Waals surface area contributed by atoms with Crippen LogP contribution >= 0.6 is 11.8 Å². The van der Waals surface area contributed by atoms with Crippen molar-refractivity contribution < 1.29 is 5.11 Å². The number of rotatable bonds is 2. The molecule has 1 atom stereocenters. The maximum absolute atomic E-state index is 9.77. The van der Waals surface area contributed by atoms with Gasteiger partial charge in [-0.25, -0.2) is 0 Å². The van der Waals surface area contributed by atoms with Crippen LogP contribution in [0, 0.1) is 0 Å². The maximum atomic E-state index is 9.77. The van der Waals surface area contributed by atoms with Crippen LogP contribution in [-0.4, -0.2) is 17.9 Å². The molecule has 1 aliphatic heterocycles. The van der Waals surface area contributed by atoms with E-state index in [0.717, 1.165) is 11.4 Å². The molecule has 1 aromatic carbocycles. The second kappa shape index (κ2) is 4.90. The average Bonchev–Trinajstić information content (AvgIpc) is 2.30. The summed E-state index contributed by atoms with van der Waals surface area (Å²) in [6.45, 7) is 1.09. The lowest BCUT2D eigenvalue weighted by Crippen LogP contribution is -2.26. The van der Waals surface area contributed by atoms with E-state index < -0.39 is 0 Å². The molecule has 2 N–H and O–H groups in total. The number of phenolic OH excluding ortho intramolecular Hbond substituents is 1. The molecule has 1 fully saturated rings. The van der Waals surface area contributed by atoms with E-state index in [1.54, 1.807) is 11.8 Å². The molecule has 0 aliphatic carbocycles. The van der Waals surface area contributed by atoms with Crippen LogP contribution in [0.1, 0.15) is 30.9 Å². The number of piperidine rings is 1. The summed E-state index contributed by atoms with van der Waals surface area (Å²) in [4.78, 5) is 0.953. The number of aromatic hydroxyl groups is 1. The molecule has 2 rings (SSSR count). The van der Waals surface area contributed by atoms with Gasteiger partial charge in [-0.05, 0) is 43.3 Å². The fraction of sp³-hybridized carbons (Fsp3) is 0.500. The van der Waals surface area contributed by atoms with Gasteiger partial charge in [0.2, 0.25) is 0 Å². The summed E-state index contributed by atoms with van der Waals surface area (Å²) in [6, 6.07) is 6.45. The number of hydrogen-bond donors (Lipinski definition) is 2. The lowest BCUT2D eigenvalue weighted by molar-refractivity contribution is 0.408. The fourth-order valence-electron chi connectivity index (χ4n) is 2.06. The Hall–Kier alpha value is -0.670. The van der Waals surface area contributed by atoms with E-state index in [2.05, 4.69) is 11.4 Å². The minimum atomic E-state index is 0.410. The van der Waals surface area contributed by atoms with Crippen molar-refractivity contribution >= 4 is 11.8 Å². The Labute approximate surface area is 95.1 Å². The molecule has 2 nitrogen and oxygen atoms in total. The summed E-state index contributed by atoms with van der Waals surface area (Å²) < 4.78 is 0. The normalized spacial score (nSPS) is 21.5. The highest BCUT2D eigenvalue weighted by Gasteiger charge is 2.15. The van der Waals surface area contributed by atoms with E-state index >= 15 is 0 Å². The molecule has 0 saturated carbocycles. The van der Waals surface area contributed by atoms with Crippen molar-refractivity contribution in [1.29, 1.82) is 0 Å². The minimum absolute atomic E-state index is 0.410. The Balaban J connectivity index is 2.17. The Morgan fingerprint density at radius 3 is 2.87 bits per heavy atom. The predicted molar refractivity (Wildman–Crippen MR) is 64.5 cm³/mol. The van der Waals surface area contributed by atoms with Crippen LogP contribution in [0.5, 0.6) is 5.75 Å². The number of thioether (sulfide) groups is 1.